The summed E-state index contributed by atoms with van der Waals surface area (Å²) in [4.78, 5) is 18.4. The predicted octanol–water partition coefficient (Wildman–Crippen LogP) is 8.96. The monoisotopic (exact) mass is 749 g/mol. The number of para-hydroxylation sites is 1. The summed E-state index contributed by atoms with van der Waals surface area (Å²) in [6.07, 6.45) is 1.59. The number of hydrogen-bond donors (Lipinski definition) is 0. The van der Waals surface area contributed by atoms with Crippen molar-refractivity contribution in [2.75, 3.05) is 6.61 Å². The first kappa shape index (κ1) is 28.4. The second-order valence-corrected chi connectivity index (χ2v) is 12.0. The van der Waals surface area contributed by atoms with Crippen LogP contribution in [0.25, 0.3) is 33.5 Å². The largest absolute Gasteiger partial charge is 0.490 e. The molecule has 0 aliphatic heterocycles. The lowest BCUT2D eigenvalue weighted by Crippen LogP contribution is -2.20. The van der Waals surface area contributed by atoms with Crippen LogP contribution in [-0.4, -0.2) is 22.5 Å². The highest BCUT2D eigenvalue weighted by Gasteiger charge is 2.17. The lowest BCUT2D eigenvalue weighted by Gasteiger charge is -2.15. The molecule has 0 amide bonds. The number of hydrogen-bond acceptors (Lipinski definition) is 6. The molecular formula is C32H22Br3N3O4. The fourth-order valence-electron chi connectivity index (χ4n) is 4.44. The quantitative estimate of drug-likeness (QED) is 0.145. The second-order valence-electron chi connectivity index (χ2n) is 9.29. The van der Waals surface area contributed by atoms with Gasteiger partial charge in [-0.25, -0.2) is 4.98 Å². The molecule has 0 aliphatic rings. The summed E-state index contributed by atoms with van der Waals surface area (Å²) >= 11 is 10.6. The zero-order valence-electron chi connectivity index (χ0n) is 22.2. The Morgan fingerprint density at radius 2 is 1.71 bits per heavy atom. The zero-order chi connectivity index (χ0) is 29.2. The highest BCUT2D eigenvalue weighted by molar-refractivity contribution is 9.11. The van der Waals surface area contributed by atoms with Crippen molar-refractivity contribution in [1.82, 2.24) is 9.66 Å². The van der Waals surface area contributed by atoms with Gasteiger partial charge in [0.15, 0.2) is 17.3 Å². The SMILES string of the molecule is CCOc1cc(C=Nn2c(-c3cc4cc(Br)ccc4o3)nc3ccccc3c2=O)cc(Br)c1OCc1ccc(Br)cc1. The van der Waals surface area contributed by atoms with E-state index in [1.165, 1.54) is 4.68 Å². The molecule has 0 bridgehead atoms. The molecule has 0 fully saturated rings. The van der Waals surface area contributed by atoms with Crippen LogP contribution in [0.1, 0.15) is 18.1 Å². The minimum absolute atomic E-state index is 0.292. The topological polar surface area (TPSA) is 78.9 Å². The Hall–Kier alpha value is -3.73. The molecule has 210 valence electrons. The fraction of sp³-hybridized carbons (Fsp3) is 0.0938. The van der Waals surface area contributed by atoms with E-state index in [1.807, 2.05) is 73.7 Å². The predicted molar refractivity (Wildman–Crippen MR) is 176 cm³/mol. The Labute approximate surface area is 266 Å². The summed E-state index contributed by atoms with van der Waals surface area (Å²) in [5.41, 5.74) is 2.63. The van der Waals surface area contributed by atoms with Gasteiger partial charge in [-0.3, -0.25) is 4.79 Å². The summed E-state index contributed by atoms with van der Waals surface area (Å²) in [5.74, 6) is 1.85. The lowest BCUT2D eigenvalue weighted by atomic mass is 10.2. The molecule has 2 heterocycles. The number of nitrogens with zero attached hydrogens (tertiary/aromatic N) is 3. The average Bonchev–Trinajstić information content (AvgIpc) is 3.40. The van der Waals surface area contributed by atoms with Gasteiger partial charge in [0.25, 0.3) is 5.56 Å². The van der Waals surface area contributed by atoms with Crippen LogP contribution >= 0.6 is 47.8 Å². The standard InChI is InChI=1S/C32H22Br3N3O4/c1-2-40-28-14-20(13-25(35)30(28)41-18-19-7-9-22(33)10-8-19)17-36-38-31(37-26-6-4-3-5-24(26)32(38)39)29-16-21-15-23(34)11-12-27(21)42-29/h3-17H,2,18H2,1H3. The normalized spacial score (nSPS) is 11.5. The van der Waals surface area contributed by atoms with Crippen LogP contribution in [0, 0.1) is 0 Å². The van der Waals surface area contributed by atoms with E-state index in [9.17, 15) is 4.79 Å². The van der Waals surface area contributed by atoms with E-state index in [0.29, 0.717) is 62.8 Å². The van der Waals surface area contributed by atoms with Crippen LogP contribution in [-0.2, 0) is 6.61 Å². The van der Waals surface area contributed by atoms with Crippen molar-refractivity contribution in [2.24, 2.45) is 5.10 Å². The molecule has 7 nitrogen and oxygen atoms in total. The molecule has 0 unspecified atom stereocenters. The van der Waals surface area contributed by atoms with Crippen LogP contribution in [0.3, 0.4) is 0 Å². The maximum Gasteiger partial charge on any atom is 0.282 e. The molecule has 6 rings (SSSR count). The van der Waals surface area contributed by atoms with Gasteiger partial charge < -0.3 is 13.9 Å². The van der Waals surface area contributed by atoms with Gasteiger partial charge in [0.05, 0.1) is 28.2 Å². The number of fused-ring (bicyclic) bond motifs is 2. The van der Waals surface area contributed by atoms with Crippen LogP contribution in [0.15, 0.2) is 113 Å². The third-order valence-corrected chi connectivity index (χ3v) is 8.01. The summed E-state index contributed by atoms with van der Waals surface area (Å²) < 4.78 is 22.0. The number of benzene rings is 4. The first-order valence-electron chi connectivity index (χ1n) is 13.0. The molecular weight excluding hydrogens is 730 g/mol. The van der Waals surface area contributed by atoms with Gasteiger partial charge in [0.2, 0.25) is 5.82 Å². The van der Waals surface area contributed by atoms with E-state index >= 15 is 0 Å². The van der Waals surface area contributed by atoms with E-state index in [1.54, 1.807) is 24.4 Å². The number of furan rings is 1. The van der Waals surface area contributed by atoms with Crippen molar-refractivity contribution >= 4 is 75.9 Å². The zero-order valence-corrected chi connectivity index (χ0v) is 26.9. The molecule has 0 N–H and O–H groups in total. The van der Waals surface area contributed by atoms with Gasteiger partial charge in [0, 0.05) is 14.3 Å². The van der Waals surface area contributed by atoms with Crippen LogP contribution in [0.5, 0.6) is 11.5 Å². The molecule has 0 atom stereocenters. The van der Waals surface area contributed by atoms with Gasteiger partial charge in [-0.2, -0.15) is 9.78 Å². The van der Waals surface area contributed by atoms with Crippen LogP contribution in [0.2, 0.25) is 0 Å². The number of ether oxygens (including phenoxy) is 2. The molecule has 10 heteroatoms. The fourth-order valence-corrected chi connectivity index (χ4v) is 5.66. The van der Waals surface area contributed by atoms with Crippen molar-refractivity contribution in [2.45, 2.75) is 13.5 Å². The molecule has 0 aliphatic carbocycles. The number of halogens is 3. The van der Waals surface area contributed by atoms with Gasteiger partial charge in [-0.05, 0) is 94.6 Å². The summed E-state index contributed by atoms with van der Waals surface area (Å²) in [6, 6.07) is 26.4. The van der Waals surface area contributed by atoms with Gasteiger partial charge >= 0.3 is 0 Å². The Kier molecular flexibility index (Phi) is 8.28. The van der Waals surface area contributed by atoms with Crippen molar-refractivity contribution in [3.8, 4) is 23.1 Å². The number of aromatic nitrogens is 2. The molecule has 0 spiro atoms. The van der Waals surface area contributed by atoms with E-state index in [4.69, 9.17) is 18.9 Å². The summed E-state index contributed by atoms with van der Waals surface area (Å²) in [5, 5.41) is 5.92. The summed E-state index contributed by atoms with van der Waals surface area (Å²) in [7, 11) is 0. The molecule has 0 saturated heterocycles. The third kappa shape index (κ3) is 5.92. The minimum Gasteiger partial charge on any atom is -0.490 e. The average molecular weight is 752 g/mol. The number of rotatable bonds is 8. The second kappa shape index (κ2) is 12.2. The Morgan fingerprint density at radius 3 is 2.52 bits per heavy atom. The lowest BCUT2D eigenvalue weighted by molar-refractivity contribution is 0.267. The van der Waals surface area contributed by atoms with Crippen LogP contribution < -0.4 is 15.0 Å². The first-order valence-corrected chi connectivity index (χ1v) is 15.4. The maximum absolute atomic E-state index is 13.6. The Morgan fingerprint density at radius 1 is 0.929 bits per heavy atom. The molecule has 0 radical (unpaired) electrons. The van der Waals surface area contributed by atoms with E-state index < -0.39 is 0 Å². The van der Waals surface area contributed by atoms with Crippen molar-refractivity contribution < 1.29 is 13.9 Å². The highest BCUT2D eigenvalue weighted by Crippen LogP contribution is 2.37. The maximum atomic E-state index is 13.6. The van der Waals surface area contributed by atoms with E-state index in [-0.39, 0.29) is 5.56 Å². The smallest absolute Gasteiger partial charge is 0.282 e. The minimum atomic E-state index is -0.313. The van der Waals surface area contributed by atoms with Crippen molar-refractivity contribution in [1.29, 1.82) is 0 Å². The third-order valence-electron chi connectivity index (χ3n) is 6.40. The van der Waals surface area contributed by atoms with Gasteiger partial charge in [-0.15, -0.1) is 0 Å². The first-order chi connectivity index (χ1) is 20.4. The van der Waals surface area contributed by atoms with Crippen molar-refractivity contribution in [3.63, 3.8) is 0 Å². The summed E-state index contributed by atoms with van der Waals surface area (Å²) in [6.45, 7) is 2.72. The Balaban J connectivity index is 1.40. The van der Waals surface area contributed by atoms with Crippen molar-refractivity contribution in [3.05, 3.63) is 120 Å². The van der Waals surface area contributed by atoms with E-state index in [2.05, 4.69) is 52.9 Å². The molecule has 6 aromatic rings. The van der Waals surface area contributed by atoms with Gasteiger partial charge in [0.1, 0.15) is 12.2 Å². The van der Waals surface area contributed by atoms with Crippen LogP contribution in [0.4, 0.5) is 0 Å². The molecule has 42 heavy (non-hydrogen) atoms. The molecule has 0 saturated carbocycles. The molecule has 4 aromatic carbocycles. The van der Waals surface area contributed by atoms with Gasteiger partial charge in [-0.1, -0.05) is 56.1 Å². The molecule has 2 aromatic heterocycles. The Bertz CT molecular complexity index is 2020. The highest BCUT2D eigenvalue weighted by atomic mass is 79.9. The van der Waals surface area contributed by atoms with E-state index in [0.717, 1.165) is 19.9 Å².